The van der Waals surface area contributed by atoms with Gasteiger partial charge in [0, 0.05) is 36.1 Å². The molecule has 0 saturated heterocycles. The van der Waals surface area contributed by atoms with Gasteiger partial charge >= 0.3 is 0 Å². The molecular weight excluding hydrogens is 362 g/mol. The second kappa shape index (κ2) is 8.26. The molecule has 6 rings (SSSR count). The zero-order chi connectivity index (χ0) is 19.0. The van der Waals surface area contributed by atoms with Crippen molar-refractivity contribution in [2.24, 2.45) is 22.7 Å². The fourth-order valence-corrected chi connectivity index (χ4v) is 8.31. The minimum Gasteiger partial charge on any atom is -0.321 e. The molecule has 0 amide bonds. The molecule has 0 spiro atoms. The van der Waals surface area contributed by atoms with Crippen molar-refractivity contribution in [3.63, 3.8) is 0 Å². The summed E-state index contributed by atoms with van der Waals surface area (Å²) in [5.41, 5.74) is 2.01. The Kier molecular flexibility index (Phi) is 5.71. The van der Waals surface area contributed by atoms with Crippen LogP contribution in [0.2, 0.25) is 0 Å². The first kappa shape index (κ1) is 19.4. The summed E-state index contributed by atoms with van der Waals surface area (Å²) in [4.78, 5) is 6.47. The van der Waals surface area contributed by atoms with E-state index in [4.69, 9.17) is 4.99 Å². The van der Waals surface area contributed by atoms with Crippen molar-refractivity contribution in [2.45, 2.75) is 109 Å². The number of rotatable bonds is 7. The van der Waals surface area contributed by atoms with E-state index in [1.807, 2.05) is 11.3 Å². The van der Waals surface area contributed by atoms with Gasteiger partial charge in [-0.2, -0.15) is 0 Å². The van der Waals surface area contributed by atoms with Crippen LogP contribution in [0.5, 0.6) is 0 Å². The van der Waals surface area contributed by atoms with E-state index in [9.17, 15) is 0 Å². The standard InChI is InChI=1S/C24H39N3S/c1-2-10-27-22(17-28-23(27)26-21-6-4-3-5-7-21)8-9-25-24-14-18-11-19(15-24)13-20(12-18)16-24/h17-21,25H,2-16H2,1H3. The van der Waals surface area contributed by atoms with Crippen LogP contribution in [0.1, 0.15) is 89.7 Å². The van der Waals surface area contributed by atoms with E-state index in [2.05, 4.69) is 22.2 Å². The summed E-state index contributed by atoms with van der Waals surface area (Å²) in [5, 5.41) is 6.50. The normalized spacial score (nSPS) is 35.8. The third-order valence-electron chi connectivity index (χ3n) is 8.11. The second-order valence-electron chi connectivity index (χ2n) is 10.5. The molecule has 5 fully saturated rings. The van der Waals surface area contributed by atoms with Gasteiger partial charge in [-0.3, -0.25) is 4.99 Å². The van der Waals surface area contributed by atoms with Crippen molar-refractivity contribution in [3.05, 3.63) is 15.9 Å². The number of hydrogen-bond donors (Lipinski definition) is 1. The maximum absolute atomic E-state index is 5.18. The molecule has 156 valence electrons. The van der Waals surface area contributed by atoms with Crippen molar-refractivity contribution in [2.75, 3.05) is 6.54 Å². The van der Waals surface area contributed by atoms with E-state index in [-0.39, 0.29) is 0 Å². The van der Waals surface area contributed by atoms with E-state index in [0.29, 0.717) is 11.6 Å². The van der Waals surface area contributed by atoms with Gasteiger partial charge in [-0.05, 0) is 75.5 Å². The predicted octanol–water partition coefficient (Wildman–Crippen LogP) is 5.29. The molecule has 0 aliphatic heterocycles. The largest absolute Gasteiger partial charge is 0.321 e. The number of thiazole rings is 1. The third kappa shape index (κ3) is 4.01. The summed E-state index contributed by atoms with van der Waals surface area (Å²) in [6.07, 6.45) is 18.1. The lowest BCUT2D eigenvalue weighted by molar-refractivity contribution is -0.0193. The van der Waals surface area contributed by atoms with Crippen molar-refractivity contribution >= 4 is 11.3 Å². The molecule has 5 saturated carbocycles. The van der Waals surface area contributed by atoms with Crippen LogP contribution >= 0.6 is 11.3 Å². The smallest absolute Gasteiger partial charge is 0.185 e. The first-order chi connectivity index (χ1) is 13.7. The number of nitrogens with zero attached hydrogens (tertiary/aromatic N) is 2. The molecule has 1 aromatic heterocycles. The van der Waals surface area contributed by atoms with Gasteiger partial charge in [0.25, 0.3) is 0 Å². The fraction of sp³-hybridized carbons (Fsp3) is 0.875. The van der Waals surface area contributed by atoms with Crippen LogP contribution in [0, 0.1) is 17.8 Å². The molecule has 0 unspecified atom stereocenters. The van der Waals surface area contributed by atoms with Crippen LogP contribution in [0.25, 0.3) is 0 Å². The van der Waals surface area contributed by atoms with Crippen LogP contribution in [0.4, 0.5) is 0 Å². The van der Waals surface area contributed by atoms with E-state index in [1.165, 1.54) is 94.0 Å². The average Bonchev–Trinajstić information content (AvgIpc) is 3.03. The van der Waals surface area contributed by atoms with Gasteiger partial charge in [0.2, 0.25) is 0 Å². The zero-order valence-corrected chi connectivity index (χ0v) is 18.6. The van der Waals surface area contributed by atoms with Crippen molar-refractivity contribution < 1.29 is 0 Å². The van der Waals surface area contributed by atoms with Gasteiger partial charge in [-0.1, -0.05) is 26.2 Å². The summed E-state index contributed by atoms with van der Waals surface area (Å²) in [7, 11) is 0. The lowest BCUT2D eigenvalue weighted by atomic mass is 9.53. The van der Waals surface area contributed by atoms with Crippen LogP contribution in [-0.2, 0) is 13.0 Å². The van der Waals surface area contributed by atoms with Crippen molar-refractivity contribution in [3.8, 4) is 0 Å². The highest BCUT2D eigenvalue weighted by Crippen LogP contribution is 2.55. The summed E-state index contributed by atoms with van der Waals surface area (Å²) in [6.45, 7) is 4.57. The van der Waals surface area contributed by atoms with Crippen molar-refractivity contribution in [1.29, 1.82) is 0 Å². The Balaban J connectivity index is 1.25. The molecule has 0 aromatic carbocycles. The van der Waals surface area contributed by atoms with Crippen molar-refractivity contribution in [1.82, 2.24) is 9.88 Å². The maximum Gasteiger partial charge on any atom is 0.185 e. The van der Waals surface area contributed by atoms with Gasteiger partial charge in [0.1, 0.15) is 0 Å². The van der Waals surface area contributed by atoms with Crippen LogP contribution in [-0.4, -0.2) is 22.7 Å². The van der Waals surface area contributed by atoms with Gasteiger partial charge < -0.3 is 9.88 Å². The second-order valence-corrected chi connectivity index (χ2v) is 11.3. The molecule has 28 heavy (non-hydrogen) atoms. The summed E-state index contributed by atoms with van der Waals surface area (Å²) in [6, 6.07) is 0.577. The number of nitrogens with one attached hydrogen (secondary N) is 1. The van der Waals surface area contributed by atoms with Gasteiger partial charge in [-0.15, -0.1) is 11.3 Å². The Hall–Kier alpha value is -0.610. The van der Waals surface area contributed by atoms with E-state index in [0.717, 1.165) is 30.8 Å². The molecule has 4 bridgehead atoms. The first-order valence-electron chi connectivity index (χ1n) is 12.2. The molecular formula is C24H39N3S. The highest BCUT2D eigenvalue weighted by Gasteiger charge is 2.50. The number of aromatic nitrogens is 1. The van der Waals surface area contributed by atoms with Crippen LogP contribution < -0.4 is 10.1 Å². The topological polar surface area (TPSA) is 29.3 Å². The molecule has 1 aromatic rings. The zero-order valence-electron chi connectivity index (χ0n) is 17.8. The first-order valence-corrected chi connectivity index (χ1v) is 13.1. The van der Waals surface area contributed by atoms with E-state index in [1.54, 1.807) is 0 Å². The molecule has 3 nitrogen and oxygen atoms in total. The quantitative estimate of drug-likeness (QED) is 0.660. The number of hydrogen-bond acceptors (Lipinski definition) is 3. The Bertz CT molecular complexity index is 689. The minimum absolute atomic E-state index is 0.496. The van der Waals surface area contributed by atoms with Gasteiger partial charge in [0.15, 0.2) is 4.80 Å². The van der Waals surface area contributed by atoms with Gasteiger partial charge in [-0.25, -0.2) is 0 Å². The third-order valence-corrected chi connectivity index (χ3v) is 9.04. The van der Waals surface area contributed by atoms with Crippen LogP contribution in [0.3, 0.4) is 0 Å². The molecule has 0 radical (unpaired) electrons. The fourth-order valence-electron chi connectivity index (χ4n) is 7.28. The highest BCUT2D eigenvalue weighted by atomic mass is 32.1. The lowest BCUT2D eigenvalue weighted by Crippen LogP contribution is -2.58. The Morgan fingerprint density at radius 3 is 2.39 bits per heavy atom. The SMILES string of the molecule is CCCn1c(CCNC23CC4CC(CC(C4)C2)C3)csc1=NC1CCCCC1. The highest BCUT2D eigenvalue weighted by molar-refractivity contribution is 7.07. The monoisotopic (exact) mass is 401 g/mol. The molecule has 5 aliphatic rings. The molecule has 5 aliphatic carbocycles. The molecule has 0 atom stereocenters. The Morgan fingerprint density at radius 1 is 1.07 bits per heavy atom. The Morgan fingerprint density at radius 2 is 1.75 bits per heavy atom. The summed E-state index contributed by atoms with van der Waals surface area (Å²) < 4.78 is 2.54. The van der Waals surface area contributed by atoms with Crippen LogP contribution in [0.15, 0.2) is 10.4 Å². The molecule has 4 heteroatoms. The molecule has 1 heterocycles. The predicted molar refractivity (Wildman–Crippen MR) is 118 cm³/mol. The molecule has 1 N–H and O–H groups in total. The summed E-state index contributed by atoms with van der Waals surface area (Å²) >= 11 is 1.89. The minimum atomic E-state index is 0.496. The van der Waals surface area contributed by atoms with E-state index < -0.39 is 0 Å². The average molecular weight is 402 g/mol. The van der Waals surface area contributed by atoms with E-state index >= 15 is 0 Å². The van der Waals surface area contributed by atoms with Gasteiger partial charge in [0.05, 0.1) is 6.04 Å². The Labute approximate surface area is 175 Å². The summed E-state index contributed by atoms with van der Waals surface area (Å²) in [5.74, 6) is 3.10. The maximum atomic E-state index is 5.18. The lowest BCUT2D eigenvalue weighted by Gasteiger charge is -2.57.